The van der Waals surface area contributed by atoms with Gasteiger partial charge in [0.05, 0.1) is 9.65 Å². The lowest BCUT2D eigenvalue weighted by Gasteiger charge is -2.35. The minimum absolute atomic E-state index is 0.285. The van der Waals surface area contributed by atoms with E-state index >= 15 is 0 Å². The van der Waals surface area contributed by atoms with E-state index in [1.54, 1.807) is 0 Å². The first-order chi connectivity index (χ1) is 7.45. The monoisotopic (exact) mass is 600 g/mol. The van der Waals surface area contributed by atoms with E-state index in [2.05, 4.69) is 108 Å². The fourth-order valence-electron chi connectivity index (χ4n) is 1.79. The van der Waals surface area contributed by atoms with Crippen molar-refractivity contribution >= 4 is 95.6 Å². The standard InChI is InChI=1S/C10H6Br6/c11-3-1-2-4(12)6-5(3)7(13)9(15)10(16)8(6)14/h1-2,7-10H/t7-,8-,9+,10+/m1/s1. The molecule has 2 rings (SSSR count). The zero-order valence-electron chi connectivity index (χ0n) is 7.73. The number of alkyl halides is 4. The molecule has 0 amide bonds. The first kappa shape index (κ1) is 14.5. The third kappa shape index (κ3) is 2.40. The van der Waals surface area contributed by atoms with Crippen LogP contribution < -0.4 is 0 Å². The lowest BCUT2D eigenvalue weighted by Crippen LogP contribution is -2.30. The van der Waals surface area contributed by atoms with Gasteiger partial charge in [0.25, 0.3) is 0 Å². The normalized spacial score (nSPS) is 33.6. The van der Waals surface area contributed by atoms with E-state index in [0.717, 1.165) is 8.95 Å². The van der Waals surface area contributed by atoms with E-state index < -0.39 is 0 Å². The molecule has 0 saturated heterocycles. The summed E-state index contributed by atoms with van der Waals surface area (Å²) in [6.07, 6.45) is 0. The number of hydrogen-bond donors (Lipinski definition) is 0. The summed E-state index contributed by atoms with van der Waals surface area (Å²) >= 11 is 22.2. The smallest absolute Gasteiger partial charge is 0.0546 e. The van der Waals surface area contributed by atoms with Crippen molar-refractivity contribution in [3.63, 3.8) is 0 Å². The Labute approximate surface area is 145 Å². The Morgan fingerprint density at radius 1 is 0.688 bits per heavy atom. The largest absolute Gasteiger partial charge is 0.0862 e. The second kappa shape index (κ2) is 5.61. The molecule has 0 nitrogen and oxygen atoms in total. The number of halogens is 6. The Hall–Kier alpha value is 2.10. The second-order valence-corrected chi connectivity index (χ2v) is 9.35. The SMILES string of the molecule is Brc1ccc(Br)c2c1[C@@H](Br)[C@H](Br)[C@@H](Br)[C@@H]2Br. The van der Waals surface area contributed by atoms with E-state index in [0.29, 0.717) is 9.65 Å². The van der Waals surface area contributed by atoms with Crippen molar-refractivity contribution in [3.05, 3.63) is 32.2 Å². The average molecular weight is 606 g/mol. The molecule has 4 atom stereocenters. The Morgan fingerprint density at radius 3 is 1.31 bits per heavy atom. The van der Waals surface area contributed by atoms with Gasteiger partial charge in [-0.1, -0.05) is 95.6 Å². The van der Waals surface area contributed by atoms with Crippen LogP contribution in [0, 0.1) is 0 Å². The molecule has 1 aromatic carbocycles. The summed E-state index contributed by atoms with van der Waals surface area (Å²) in [5.41, 5.74) is 2.60. The third-order valence-electron chi connectivity index (χ3n) is 2.60. The van der Waals surface area contributed by atoms with Crippen molar-refractivity contribution in [3.8, 4) is 0 Å². The van der Waals surface area contributed by atoms with Crippen molar-refractivity contribution in [1.29, 1.82) is 0 Å². The molecule has 0 heterocycles. The highest BCUT2D eigenvalue weighted by atomic mass is 79.9. The third-order valence-corrected chi connectivity index (χ3v) is 10.4. The van der Waals surface area contributed by atoms with Crippen LogP contribution in [0.2, 0.25) is 0 Å². The first-order valence-electron chi connectivity index (χ1n) is 4.49. The molecule has 0 N–H and O–H groups in total. The van der Waals surface area contributed by atoms with Gasteiger partial charge >= 0.3 is 0 Å². The van der Waals surface area contributed by atoms with Gasteiger partial charge < -0.3 is 0 Å². The van der Waals surface area contributed by atoms with Gasteiger partial charge in [0.1, 0.15) is 0 Å². The Kier molecular flexibility index (Phi) is 5.09. The zero-order valence-corrected chi connectivity index (χ0v) is 17.2. The minimum atomic E-state index is 0.285. The van der Waals surface area contributed by atoms with Crippen molar-refractivity contribution in [2.45, 2.75) is 19.3 Å². The lowest BCUT2D eigenvalue weighted by molar-refractivity contribution is 0.722. The topological polar surface area (TPSA) is 0 Å². The maximum absolute atomic E-state index is 3.76. The first-order valence-corrected chi connectivity index (χ1v) is 9.74. The molecule has 1 aliphatic carbocycles. The zero-order chi connectivity index (χ0) is 12.0. The van der Waals surface area contributed by atoms with Crippen LogP contribution in [0.4, 0.5) is 0 Å². The molecule has 0 unspecified atom stereocenters. The van der Waals surface area contributed by atoms with E-state index in [-0.39, 0.29) is 9.65 Å². The van der Waals surface area contributed by atoms with E-state index in [4.69, 9.17) is 0 Å². The second-order valence-electron chi connectivity index (χ2n) is 3.55. The average Bonchev–Trinajstić information content (AvgIpc) is 2.26. The quantitative estimate of drug-likeness (QED) is 0.292. The molecule has 88 valence electrons. The summed E-state index contributed by atoms with van der Waals surface area (Å²) in [6.45, 7) is 0. The van der Waals surface area contributed by atoms with Gasteiger partial charge in [0.2, 0.25) is 0 Å². The summed E-state index contributed by atoms with van der Waals surface area (Å²) in [7, 11) is 0. The van der Waals surface area contributed by atoms with Crippen molar-refractivity contribution in [2.75, 3.05) is 0 Å². The Balaban J connectivity index is 2.67. The van der Waals surface area contributed by atoms with Gasteiger partial charge in [0.15, 0.2) is 0 Å². The van der Waals surface area contributed by atoms with Crippen LogP contribution in [0.3, 0.4) is 0 Å². The highest BCUT2D eigenvalue weighted by Gasteiger charge is 2.40. The molecule has 0 aliphatic heterocycles. The predicted molar refractivity (Wildman–Crippen MR) is 90.6 cm³/mol. The van der Waals surface area contributed by atoms with Crippen LogP contribution in [0.5, 0.6) is 0 Å². The van der Waals surface area contributed by atoms with E-state index in [1.807, 2.05) is 0 Å². The lowest BCUT2D eigenvalue weighted by atomic mass is 9.91. The van der Waals surface area contributed by atoms with Crippen molar-refractivity contribution in [2.24, 2.45) is 0 Å². The number of hydrogen-bond acceptors (Lipinski definition) is 0. The van der Waals surface area contributed by atoms with Crippen LogP contribution in [-0.4, -0.2) is 9.65 Å². The van der Waals surface area contributed by atoms with Crippen molar-refractivity contribution < 1.29 is 0 Å². The summed E-state index contributed by atoms with van der Waals surface area (Å²) < 4.78 is 2.28. The molecule has 0 spiro atoms. The maximum Gasteiger partial charge on any atom is 0.0546 e. The molecule has 0 bridgehead atoms. The molecule has 6 heteroatoms. The summed E-state index contributed by atoms with van der Waals surface area (Å²) in [4.78, 5) is 1.25. The maximum atomic E-state index is 3.76. The molecule has 0 radical (unpaired) electrons. The molecule has 16 heavy (non-hydrogen) atoms. The highest BCUT2D eigenvalue weighted by molar-refractivity contribution is 9.14. The van der Waals surface area contributed by atoms with Crippen LogP contribution in [0.15, 0.2) is 21.1 Å². The van der Waals surface area contributed by atoms with Crippen LogP contribution >= 0.6 is 95.6 Å². The van der Waals surface area contributed by atoms with Crippen LogP contribution in [0.1, 0.15) is 20.8 Å². The number of fused-ring (bicyclic) bond motifs is 1. The molecule has 0 aromatic heterocycles. The summed E-state index contributed by atoms with van der Waals surface area (Å²) in [5, 5.41) is 0. The van der Waals surface area contributed by atoms with Gasteiger partial charge in [-0.15, -0.1) is 0 Å². The highest BCUT2D eigenvalue weighted by Crippen LogP contribution is 2.54. The Morgan fingerprint density at radius 2 is 1.00 bits per heavy atom. The minimum Gasteiger partial charge on any atom is -0.0862 e. The summed E-state index contributed by atoms with van der Waals surface area (Å²) in [5.74, 6) is 0. The molecule has 0 saturated carbocycles. The van der Waals surface area contributed by atoms with Crippen LogP contribution in [0.25, 0.3) is 0 Å². The summed E-state index contributed by atoms with van der Waals surface area (Å²) in [6, 6.07) is 4.15. The molecular weight excluding hydrogens is 600 g/mol. The molecule has 1 aromatic rings. The van der Waals surface area contributed by atoms with Crippen LogP contribution in [-0.2, 0) is 0 Å². The fourth-order valence-corrected chi connectivity index (χ4v) is 7.19. The number of benzene rings is 1. The van der Waals surface area contributed by atoms with Gasteiger partial charge in [-0.25, -0.2) is 0 Å². The number of rotatable bonds is 0. The Bertz CT molecular complexity index is 379. The van der Waals surface area contributed by atoms with E-state index in [1.165, 1.54) is 11.1 Å². The predicted octanol–water partition coefficient (Wildman–Crippen LogP) is 6.62. The van der Waals surface area contributed by atoms with Gasteiger partial charge in [-0.3, -0.25) is 0 Å². The molecule has 1 aliphatic rings. The molecule has 0 fully saturated rings. The van der Waals surface area contributed by atoms with Gasteiger partial charge in [-0.2, -0.15) is 0 Å². The van der Waals surface area contributed by atoms with Gasteiger partial charge in [-0.05, 0) is 23.3 Å². The fraction of sp³-hybridized carbons (Fsp3) is 0.400. The molecular formula is C10H6Br6. The van der Waals surface area contributed by atoms with Gasteiger partial charge in [0, 0.05) is 18.6 Å². The van der Waals surface area contributed by atoms with E-state index in [9.17, 15) is 0 Å². The van der Waals surface area contributed by atoms with Crippen molar-refractivity contribution in [1.82, 2.24) is 0 Å².